The number of rotatable bonds is 0. The zero-order valence-corrected chi connectivity index (χ0v) is 9.62. The second-order valence-corrected chi connectivity index (χ2v) is 2.21. The van der Waals surface area contributed by atoms with Crippen LogP contribution in [0.25, 0.3) is 0 Å². The maximum Gasteiger partial charge on any atom is 0 e. The van der Waals surface area contributed by atoms with Gasteiger partial charge in [-0.15, -0.1) is 0 Å². The van der Waals surface area contributed by atoms with Gasteiger partial charge in [-0.25, -0.2) is 0 Å². The summed E-state index contributed by atoms with van der Waals surface area (Å²) in [5.74, 6) is 1.42. The van der Waals surface area contributed by atoms with E-state index in [1.807, 2.05) is 0 Å². The van der Waals surface area contributed by atoms with Gasteiger partial charge in [0.05, 0.1) is 0 Å². The molecule has 0 rings (SSSR count). The van der Waals surface area contributed by atoms with Gasteiger partial charge in [0.2, 0.25) is 0 Å². The average Bonchev–Trinajstić information content (AvgIpc) is 1.33. The third kappa shape index (κ3) is 755. The van der Waals surface area contributed by atoms with Crippen molar-refractivity contribution >= 4 is 0 Å². The van der Waals surface area contributed by atoms with E-state index in [0.717, 1.165) is 0 Å². The molecule has 0 aliphatic rings. The molecule has 11 heavy (non-hydrogen) atoms. The van der Waals surface area contributed by atoms with Crippen LogP contribution in [-0.2, 0) is 32.7 Å². The molecule has 73 valence electrons. The molecular weight excluding hydrogens is 209 g/mol. The zero-order chi connectivity index (χ0) is 6.28. The van der Waals surface area contributed by atoms with Crippen molar-refractivity contribution in [3.8, 4) is 0 Å². The van der Waals surface area contributed by atoms with Crippen LogP contribution in [0.1, 0.15) is 63.3 Å². The van der Waals surface area contributed by atoms with E-state index in [0.29, 0.717) is 0 Å². The van der Waals surface area contributed by atoms with Crippen LogP contribution in [0, 0.1) is 5.92 Å². The van der Waals surface area contributed by atoms with Gasteiger partial charge in [0, 0.05) is 32.7 Å². The molecule has 0 nitrogen and oxygen atoms in total. The van der Waals surface area contributed by atoms with Crippen LogP contribution in [0.5, 0.6) is 0 Å². The minimum Gasteiger partial charge on any atom is -0.323 e. The number of hydrogen-bond donors (Lipinski definition) is 0. The molecule has 0 N–H and O–H groups in total. The van der Waals surface area contributed by atoms with E-state index in [4.69, 9.17) is 0 Å². The van der Waals surface area contributed by atoms with Crippen LogP contribution in [0.3, 0.4) is 0 Å². The molecule has 1 heteroatoms. The molecule has 0 aromatic heterocycles. The van der Waals surface area contributed by atoms with E-state index in [-0.39, 0.29) is 55.0 Å². The first kappa shape index (κ1) is 40.1. The topological polar surface area (TPSA) is 0 Å². The monoisotopic (exact) mass is 238 g/mol. The predicted octanol–water partition coefficient (Wildman–Crippen LogP) is 4.94. The first-order valence-electron chi connectivity index (χ1n) is 2.91. The fourth-order valence-electron chi connectivity index (χ4n) is 0. The summed E-state index contributed by atoms with van der Waals surface area (Å²) in [5, 5.41) is 0. The third-order valence-electron chi connectivity index (χ3n) is 0. The van der Waals surface area contributed by atoms with Gasteiger partial charge < -0.3 is 5.92 Å². The largest absolute Gasteiger partial charge is 0.323 e. The Morgan fingerprint density at radius 1 is 0.818 bits per heavy atom. The van der Waals surface area contributed by atoms with Crippen LogP contribution < -0.4 is 0 Å². The molecule has 0 heterocycles. The van der Waals surface area contributed by atoms with Crippen LogP contribution in [0.15, 0.2) is 0 Å². The molecule has 0 bridgehead atoms. The van der Waals surface area contributed by atoms with E-state index in [1.54, 1.807) is 0 Å². The predicted molar refractivity (Wildman–Crippen MR) is 56.4 cm³/mol. The third-order valence-corrected chi connectivity index (χ3v) is 0. The molecule has 0 spiro atoms. The van der Waals surface area contributed by atoms with E-state index in [9.17, 15) is 0 Å². The molecule has 0 saturated heterocycles. The Balaban J connectivity index is -0.00000000848. The van der Waals surface area contributed by atoms with Gasteiger partial charge in [-0.3, -0.25) is 0 Å². The van der Waals surface area contributed by atoms with Gasteiger partial charge in [-0.05, 0) is 0 Å². The summed E-state index contributed by atoms with van der Waals surface area (Å²) < 4.78 is 0. The standard InChI is InChI=1S/C4H9.C3H8.3CH4.Y/c1-4(2)3;1-3-2;;;;/h1-3H3;3H2,1-2H3;3*1H4;/q-1;;;;;. The first-order chi connectivity index (χ1) is 3.15. The summed E-state index contributed by atoms with van der Waals surface area (Å²) in [5.41, 5.74) is 0. The second-order valence-electron chi connectivity index (χ2n) is 2.21. The molecule has 0 saturated carbocycles. The van der Waals surface area contributed by atoms with Crippen LogP contribution in [-0.4, -0.2) is 0 Å². The van der Waals surface area contributed by atoms with Crippen molar-refractivity contribution in [3.05, 3.63) is 5.92 Å². The molecule has 0 amide bonds. The SMILES string of the molecule is C.C.C.CCC.C[C-](C)C.[Y]. The summed E-state index contributed by atoms with van der Waals surface area (Å²) in [6, 6.07) is 0. The average molecular weight is 238 g/mol. The minimum absolute atomic E-state index is 0. The Morgan fingerprint density at radius 3 is 0.818 bits per heavy atom. The van der Waals surface area contributed by atoms with E-state index in [2.05, 4.69) is 34.6 Å². The maximum atomic E-state index is 2.12. The van der Waals surface area contributed by atoms with Crippen molar-refractivity contribution in [1.82, 2.24) is 0 Å². The molecule has 0 aromatic carbocycles. The van der Waals surface area contributed by atoms with Crippen molar-refractivity contribution in [1.29, 1.82) is 0 Å². The molecule has 0 fully saturated rings. The molecular formula is C10H29Y-. The summed E-state index contributed by atoms with van der Waals surface area (Å²) in [6.07, 6.45) is 1.25. The van der Waals surface area contributed by atoms with Crippen molar-refractivity contribution < 1.29 is 32.7 Å². The van der Waals surface area contributed by atoms with E-state index >= 15 is 0 Å². The molecule has 0 aliphatic heterocycles. The fraction of sp³-hybridized carbons (Fsp3) is 0.900. The van der Waals surface area contributed by atoms with Crippen molar-refractivity contribution in [2.45, 2.75) is 63.3 Å². The Labute approximate surface area is 101 Å². The molecule has 0 aliphatic carbocycles. The van der Waals surface area contributed by atoms with Crippen molar-refractivity contribution in [3.63, 3.8) is 0 Å². The summed E-state index contributed by atoms with van der Waals surface area (Å²) >= 11 is 0. The summed E-state index contributed by atoms with van der Waals surface area (Å²) in [4.78, 5) is 0. The Bertz CT molecular complexity index is 16.1. The van der Waals surface area contributed by atoms with Crippen LogP contribution in [0.4, 0.5) is 0 Å². The maximum absolute atomic E-state index is 2.12. The second kappa shape index (κ2) is 43.5. The quantitative estimate of drug-likeness (QED) is 0.524. The van der Waals surface area contributed by atoms with Gasteiger partial charge in [0.15, 0.2) is 0 Å². The normalized spacial score (nSPS) is 4.91. The fourth-order valence-corrected chi connectivity index (χ4v) is 0. The minimum atomic E-state index is 0. The van der Waals surface area contributed by atoms with Gasteiger partial charge in [-0.2, -0.15) is 20.8 Å². The Morgan fingerprint density at radius 2 is 0.818 bits per heavy atom. The van der Waals surface area contributed by atoms with Crippen molar-refractivity contribution in [2.75, 3.05) is 0 Å². The van der Waals surface area contributed by atoms with Crippen molar-refractivity contribution in [2.24, 2.45) is 0 Å². The number of hydrogen-bond acceptors (Lipinski definition) is 0. The molecule has 1 radical (unpaired) electrons. The van der Waals surface area contributed by atoms with Crippen LogP contribution >= 0.6 is 0 Å². The van der Waals surface area contributed by atoms with Gasteiger partial charge in [-0.1, -0.05) is 42.5 Å². The van der Waals surface area contributed by atoms with Crippen LogP contribution in [0.2, 0.25) is 0 Å². The van der Waals surface area contributed by atoms with Gasteiger partial charge in [0.25, 0.3) is 0 Å². The molecule has 0 unspecified atom stereocenters. The molecule has 0 aromatic rings. The zero-order valence-electron chi connectivity index (χ0n) is 6.78. The van der Waals surface area contributed by atoms with E-state index in [1.165, 1.54) is 12.3 Å². The summed E-state index contributed by atoms with van der Waals surface area (Å²) in [7, 11) is 0. The van der Waals surface area contributed by atoms with E-state index < -0.39 is 0 Å². The Kier molecular flexibility index (Phi) is 158. The Hall–Kier alpha value is 1.10. The first-order valence-corrected chi connectivity index (χ1v) is 2.91. The molecule has 0 atom stereocenters. The van der Waals surface area contributed by atoms with Gasteiger partial charge >= 0.3 is 0 Å². The summed E-state index contributed by atoms with van der Waals surface area (Å²) in [6.45, 7) is 10.5. The smallest absolute Gasteiger partial charge is 0 e. The van der Waals surface area contributed by atoms with Gasteiger partial charge in [0.1, 0.15) is 0 Å².